The van der Waals surface area contributed by atoms with E-state index < -0.39 is 0 Å². The van der Waals surface area contributed by atoms with Crippen molar-refractivity contribution in [1.82, 2.24) is 0 Å². The number of Topliss-reactive ketones (excluding diaryl/α,β-unsaturated/α-hetero) is 1. The second-order valence-electron chi connectivity index (χ2n) is 3.42. The van der Waals surface area contributed by atoms with E-state index in [0.717, 1.165) is 11.1 Å². The monoisotopic (exact) mass is 208 g/mol. The maximum Gasteiger partial charge on any atom is 0.183 e. The van der Waals surface area contributed by atoms with Crippen molar-refractivity contribution in [2.45, 2.75) is 19.6 Å². The standard InChI is InChI=1S/C12H16O3/c1-9(13)8-10-4-6-11(7-5-10)12(14-2)15-3/h4-7,12H,8H2,1-3H3. The van der Waals surface area contributed by atoms with Gasteiger partial charge in [-0.1, -0.05) is 24.3 Å². The highest BCUT2D eigenvalue weighted by Crippen LogP contribution is 2.17. The lowest BCUT2D eigenvalue weighted by atomic mass is 10.1. The van der Waals surface area contributed by atoms with Crippen LogP contribution < -0.4 is 0 Å². The van der Waals surface area contributed by atoms with Crippen molar-refractivity contribution in [2.75, 3.05) is 14.2 Å². The molecular weight excluding hydrogens is 192 g/mol. The Kier molecular flexibility index (Phi) is 4.46. The highest BCUT2D eigenvalue weighted by atomic mass is 16.7. The van der Waals surface area contributed by atoms with Gasteiger partial charge in [-0.15, -0.1) is 0 Å². The zero-order valence-electron chi connectivity index (χ0n) is 9.32. The van der Waals surface area contributed by atoms with Crippen molar-refractivity contribution in [1.29, 1.82) is 0 Å². The largest absolute Gasteiger partial charge is 0.352 e. The molecule has 15 heavy (non-hydrogen) atoms. The van der Waals surface area contributed by atoms with Gasteiger partial charge in [-0.05, 0) is 12.5 Å². The number of ether oxygens (including phenoxy) is 2. The average Bonchev–Trinajstić information content (AvgIpc) is 2.21. The van der Waals surface area contributed by atoms with Gasteiger partial charge in [0.15, 0.2) is 6.29 Å². The van der Waals surface area contributed by atoms with Crippen LogP contribution in [0, 0.1) is 0 Å². The Labute approximate surface area is 90.0 Å². The summed E-state index contributed by atoms with van der Waals surface area (Å²) >= 11 is 0. The fraction of sp³-hybridized carbons (Fsp3) is 0.417. The molecule has 0 saturated carbocycles. The first-order valence-electron chi connectivity index (χ1n) is 4.81. The lowest BCUT2D eigenvalue weighted by Crippen LogP contribution is -2.04. The van der Waals surface area contributed by atoms with Crippen LogP contribution in [0.2, 0.25) is 0 Å². The lowest BCUT2D eigenvalue weighted by Gasteiger charge is -2.13. The normalized spacial score (nSPS) is 10.7. The van der Waals surface area contributed by atoms with Crippen LogP contribution in [0.3, 0.4) is 0 Å². The highest BCUT2D eigenvalue weighted by molar-refractivity contribution is 5.78. The SMILES string of the molecule is COC(OC)c1ccc(CC(C)=O)cc1. The quantitative estimate of drug-likeness (QED) is 0.695. The van der Waals surface area contributed by atoms with E-state index in [1.54, 1.807) is 21.1 Å². The zero-order valence-corrected chi connectivity index (χ0v) is 9.32. The van der Waals surface area contributed by atoms with Gasteiger partial charge in [0, 0.05) is 26.2 Å². The minimum atomic E-state index is -0.337. The zero-order chi connectivity index (χ0) is 11.3. The summed E-state index contributed by atoms with van der Waals surface area (Å²) in [5.41, 5.74) is 1.96. The van der Waals surface area contributed by atoms with Crippen LogP contribution >= 0.6 is 0 Å². The third kappa shape index (κ3) is 3.46. The number of methoxy groups -OCH3 is 2. The number of carbonyl (C=O) groups excluding carboxylic acids is 1. The molecule has 3 heteroatoms. The number of carbonyl (C=O) groups is 1. The number of benzene rings is 1. The molecule has 3 nitrogen and oxygen atoms in total. The van der Waals surface area contributed by atoms with Crippen LogP contribution in [0.25, 0.3) is 0 Å². The van der Waals surface area contributed by atoms with Crippen LogP contribution in [0.4, 0.5) is 0 Å². The van der Waals surface area contributed by atoms with Crippen LogP contribution in [0.1, 0.15) is 24.3 Å². The first-order chi connectivity index (χ1) is 7.17. The molecule has 0 aliphatic heterocycles. The minimum absolute atomic E-state index is 0.165. The lowest BCUT2D eigenvalue weighted by molar-refractivity contribution is -0.116. The second-order valence-corrected chi connectivity index (χ2v) is 3.42. The molecule has 0 bridgehead atoms. The van der Waals surface area contributed by atoms with Crippen molar-refractivity contribution < 1.29 is 14.3 Å². The molecule has 0 amide bonds. The fourth-order valence-electron chi connectivity index (χ4n) is 1.45. The molecule has 0 spiro atoms. The Balaban J connectivity index is 2.75. The number of hydrogen-bond donors (Lipinski definition) is 0. The Morgan fingerprint density at radius 3 is 2.13 bits per heavy atom. The third-order valence-electron chi connectivity index (χ3n) is 2.13. The molecule has 0 N–H and O–H groups in total. The van der Waals surface area contributed by atoms with E-state index >= 15 is 0 Å². The molecule has 82 valence electrons. The molecule has 0 aliphatic rings. The van der Waals surface area contributed by atoms with E-state index in [4.69, 9.17) is 9.47 Å². The molecule has 1 aromatic rings. The van der Waals surface area contributed by atoms with Gasteiger partial charge < -0.3 is 9.47 Å². The maximum absolute atomic E-state index is 10.9. The van der Waals surface area contributed by atoms with Gasteiger partial charge in [0.2, 0.25) is 0 Å². The van der Waals surface area contributed by atoms with Crippen molar-refractivity contribution in [3.8, 4) is 0 Å². The summed E-state index contributed by atoms with van der Waals surface area (Å²) in [6, 6.07) is 7.66. The number of ketones is 1. The van der Waals surface area contributed by atoms with E-state index in [9.17, 15) is 4.79 Å². The molecule has 1 rings (SSSR count). The van der Waals surface area contributed by atoms with Gasteiger partial charge >= 0.3 is 0 Å². The van der Waals surface area contributed by atoms with Gasteiger partial charge in [0.05, 0.1) is 0 Å². The minimum Gasteiger partial charge on any atom is -0.352 e. The van der Waals surface area contributed by atoms with Crippen LogP contribution in [0.15, 0.2) is 24.3 Å². The molecule has 0 unspecified atom stereocenters. The summed E-state index contributed by atoms with van der Waals surface area (Å²) in [6.07, 6.45) is 0.140. The number of rotatable bonds is 5. The molecule has 0 fully saturated rings. The summed E-state index contributed by atoms with van der Waals surface area (Å²) in [7, 11) is 3.19. The smallest absolute Gasteiger partial charge is 0.183 e. The maximum atomic E-state index is 10.9. The van der Waals surface area contributed by atoms with E-state index in [-0.39, 0.29) is 12.1 Å². The molecule has 0 radical (unpaired) electrons. The predicted molar refractivity (Wildman–Crippen MR) is 57.6 cm³/mol. The molecule has 1 aromatic carbocycles. The van der Waals surface area contributed by atoms with E-state index in [1.807, 2.05) is 24.3 Å². The van der Waals surface area contributed by atoms with Crippen LogP contribution in [-0.2, 0) is 20.7 Å². The average molecular weight is 208 g/mol. The van der Waals surface area contributed by atoms with Gasteiger partial charge in [0.1, 0.15) is 5.78 Å². The Bertz CT molecular complexity index is 312. The van der Waals surface area contributed by atoms with Crippen molar-refractivity contribution in [2.24, 2.45) is 0 Å². The summed E-state index contributed by atoms with van der Waals surface area (Å²) in [5.74, 6) is 0.165. The van der Waals surface area contributed by atoms with Gasteiger partial charge in [-0.2, -0.15) is 0 Å². The summed E-state index contributed by atoms with van der Waals surface area (Å²) < 4.78 is 10.2. The van der Waals surface area contributed by atoms with Crippen molar-refractivity contribution >= 4 is 5.78 Å². The molecule has 0 aromatic heterocycles. The van der Waals surface area contributed by atoms with Gasteiger partial charge in [0.25, 0.3) is 0 Å². The first kappa shape index (κ1) is 11.9. The molecule has 0 saturated heterocycles. The topological polar surface area (TPSA) is 35.5 Å². The summed E-state index contributed by atoms with van der Waals surface area (Å²) in [4.78, 5) is 10.9. The fourth-order valence-corrected chi connectivity index (χ4v) is 1.45. The number of hydrogen-bond acceptors (Lipinski definition) is 3. The van der Waals surface area contributed by atoms with Crippen LogP contribution in [0.5, 0.6) is 0 Å². The first-order valence-corrected chi connectivity index (χ1v) is 4.81. The van der Waals surface area contributed by atoms with E-state index in [0.29, 0.717) is 6.42 Å². The Morgan fingerprint density at radius 1 is 1.20 bits per heavy atom. The molecule has 0 atom stereocenters. The summed E-state index contributed by atoms with van der Waals surface area (Å²) in [5, 5.41) is 0. The Hall–Kier alpha value is -1.19. The van der Waals surface area contributed by atoms with Crippen molar-refractivity contribution in [3.05, 3.63) is 35.4 Å². The van der Waals surface area contributed by atoms with Gasteiger partial charge in [-0.3, -0.25) is 4.79 Å². The van der Waals surface area contributed by atoms with Gasteiger partial charge in [-0.25, -0.2) is 0 Å². The third-order valence-corrected chi connectivity index (χ3v) is 2.13. The molecule has 0 heterocycles. The van der Waals surface area contributed by atoms with Crippen LogP contribution in [-0.4, -0.2) is 20.0 Å². The van der Waals surface area contributed by atoms with Crippen molar-refractivity contribution in [3.63, 3.8) is 0 Å². The Morgan fingerprint density at radius 2 is 1.73 bits per heavy atom. The second kappa shape index (κ2) is 5.63. The van der Waals surface area contributed by atoms with E-state index in [2.05, 4.69) is 0 Å². The summed E-state index contributed by atoms with van der Waals surface area (Å²) in [6.45, 7) is 1.58. The van der Waals surface area contributed by atoms with E-state index in [1.165, 1.54) is 0 Å². The predicted octanol–water partition coefficient (Wildman–Crippen LogP) is 2.11. The highest BCUT2D eigenvalue weighted by Gasteiger charge is 2.08. The molecular formula is C12H16O3. The molecule has 0 aliphatic carbocycles.